The second-order valence-electron chi connectivity index (χ2n) is 11.0. The van der Waals surface area contributed by atoms with Gasteiger partial charge in [-0.3, -0.25) is 13.9 Å². The minimum Gasteiger partial charge on any atom is -0.352 e. The number of amides is 2. The molecule has 0 saturated heterocycles. The van der Waals surface area contributed by atoms with Crippen molar-refractivity contribution in [1.82, 2.24) is 10.2 Å². The third-order valence-electron chi connectivity index (χ3n) is 7.39. The smallest absolute Gasteiger partial charge is 0.264 e. The molecule has 7 nitrogen and oxygen atoms in total. The Balaban J connectivity index is 2.07. The predicted octanol–water partition coefficient (Wildman–Crippen LogP) is 6.69. The minimum absolute atomic E-state index is 0.0723. The molecule has 2 atom stereocenters. The van der Waals surface area contributed by atoms with Gasteiger partial charge < -0.3 is 10.2 Å². The lowest BCUT2D eigenvalue weighted by molar-refractivity contribution is -0.140. The molecule has 1 N–H and O–H groups in total. The van der Waals surface area contributed by atoms with Crippen molar-refractivity contribution in [3.05, 3.63) is 94.5 Å². The van der Waals surface area contributed by atoms with Crippen LogP contribution in [0.2, 0.25) is 5.02 Å². The molecule has 0 radical (unpaired) electrons. The van der Waals surface area contributed by atoms with Gasteiger partial charge in [0, 0.05) is 17.6 Å². The summed E-state index contributed by atoms with van der Waals surface area (Å²) in [5.74, 6) is -0.504. The SMILES string of the molecule is CC[C@H](C(=O)N[C@@H](C)CC)N(Cc1ccc(Cl)cc1)C(=O)CN(c1ccc(C(C)C)cc1)S(=O)(=O)c1ccc(C)cc1. The number of benzene rings is 3. The van der Waals surface area contributed by atoms with Crippen molar-refractivity contribution >= 4 is 39.1 Å². The van der Waals surface area contributed by atoms with Gasteiger partial charge in [-0.2, -0.15) is 0 Å². The molecule has 0 spiro atoms. The normalized spacial score (nSPS) is 13.0. The number of anilines is 1. The number of nitrogens with zero attached hydrogens (tertiary/aromatic N) is 2. The first-order valence-electron chi connectivity index (χ1n) is 14.4. The highest BCUT2D eigenvalue weighted by atomic mass is 35.5. The minimum atomic E-state index is -4.12. The van der Waals surface area contributed by atoms with Crippen molar-refractivity contribution in [1.29, 1.82) is 0 Å². The molecule has 0 unspecified atom stereocenters. The number of hydrogen-bond acceptors (Lipinski definition) is 4. The fraction of sp³-hybridized carbons (Fsp3) is 0.394. The number of halogens is 1. The number of carbonyl (C=O) groups is 2. The first-order chi connectivity index (χ1) is 19.9. The molecule has 3 aromatic carbocycles. The van der Waals surface area contributed by atoms with E-state index in [4.69, 9.17) is 11.6 Å². The molecule has 0 fully saturated rings. The van der Waals surface area contributed by atoms with E-state index < -0.39 is 28.5 Å². The molecular weight excluding hydrogens is 570 g/mol. The molecule has 0 saturated carbocycles. The van der Waals surface area contributed by atoms with E-state index in [2.05, 4.69) is 19.2 Å². The van der Waals surface area contributed by atoms with Crippen molar-refractivity contribution in [2.24, 2.45) is 0 Å². The van der Waals surface area contributed by atoms with E-state index in [9.17, 15) is 18.0 Å². The molecule has 0 aliphatic carbocycles. The second kappa shape index (κ2) is 14.7. The van der Waals surface area contributed by atoms with E-state index in [1.807, 2.05) is 39.8 Å². The fourth-order valence-corrected chi connectivity index (χ4v) is 6.08. The van der Waals surface area contributed by atoms with E-state index in [-0.39, 0.29) is 29.3 Å². The highest BCUT2D eigenvalue weighted by Gasteiger charge is 2.34. The van der Waals surface area contributed by atoms with Gasteiger partial charge in [0.2, 0.25) is 11.8 Å². The molecule has 0 aliphatic heterocycles. The van der Waals surface area contributed by atoms with E-state index in [0.717, 1.165) is 27.4 Å². The van der Waals surface area contributed by atoms with Gasteiger partial charge in [0.15, 0.2) is 0 Å². The van der Waals surface area contributed by atoms with E-state index in [1.165, 1.54) is 4.90 Å². The zero-order chi connectivity index (χ0) is 31.0. The van der Waals surface area contributed by atoms with Crippen LogP contribution in [0.25, 0.3) is 0 Å². The monoisotopic (exact) mass is 611 g/mol. The zero-order valence-corrected chi connectivity index (χ0v) is 26.9. The van der Waals surface area contributed by atoms with Gasteiger partial charge in [-0.05, 0) is 80.1 Å². The van der Waals surface area contributed by atoms with Crippen LogP contribution < -0.4 is 9.62 Å². The third kappa shape index (κ3) is 8.35. The summed E-state index contributed by atoms with van der Waals surface area (Å²) in [4.78, 5) is 29.1. The Morgan fingerprint density at radius 2 is 1.45 bits per heavy atom. The predicted molar refractivity (Wildman–Crippen MR) is 170 cm³/mol. The molecule has 0 bridgehead atoms. The van der Waals surface area contributed by atoms with Crippen molar-refractivity contribution in [3.8, 4) is 0 Å². The van der Waals surface area contributed by atoms with Crippen molar-refractivity contribution < 1.29 is 18.0 Å². The first kappa shape index (κ1) is 33.1. The summed E-state index contributed by atoms with van der Waals surface area (Å²) in [7, 11) is -4.12. The maximum absolute atomic E-state index is 14.2. The lowest BCUT2D eigenvalue weighted by atomic mass is 10.0. The summed E-state index contributed by atoms with van der Waals surface area (Å²) in [6, 6.07) is 19.9. The highest BCUT2D eigenvalue weighted by molar-refractivity contribution is 7.92. The van der Waals surface area contributed by atoms with Crippen LogP contribution in [-0.2, 0) is 26.2 Å². The van der Waals surface area contributed by atoms with Crippen LogP contribution in [0.4, 0.5) is 5.69 Å². The summed E-state index contributed by atoms with van der Waals surface area (Å²) >= 11 is 6.09. The average Bonchev–Trinajstić information content (AvgIpc) is 2.96. The molecule has 2 amide bonds. The number of carbonyl (C=O) groups excluding carboxylic acids is 2. The van der Waals surface area contributed by atoms with Gasteiger partial charge in [0.25, 0.3) is 10.0 Å². The number of hydrogen-bond donors (Lipinski definition) is 1. The van der Waals surface area contributed by atoms with Crippen LogP contribution in [0.15, 0.2) is 77.7 Å². The Kier molecular flexibility index (Phi) is 11.6. The van der Waals surface area contributed by atoms with Crippen LogP contribution in [0, 0.1) is 6.92 Å². The quantitative estimate of drug-likeness (QED) is 0.233. The van der Waals surface area contributed by atoms with Crippen LogP contribution in [0.5, 0.6) is 0 Å². The van der Waals surface area contributed by atoms with Gasteiger partial charge in [-0.1, -0.05) is 81.3 Å². The van der Waals surface area contributed by atoms with Gasteiger partial charge in [0.1, 0.15) is 12.6 Å². The molecule has 42 heavy (non-hydrogen) atoms. The van der Waals surface area contributed by atoms with Gasteiger partial charge in [-0.15, -0.1) is 0 Å². The third-order valence-corrected chi connectivity index (χ3v) is 9.43. The van der Waals surface area contributed by atoms with E-state index in [1.54, 1.807) is 60.7 Å². The Morgan fingerprint density at radius 3 is 1.98 bits per heavy atom. The Labute approximate surface area is 255 Å². The van der Waals surface area contributed by atoms with Crippen LogP contribution >= 0.6 is 11.6 Å². The maximum Gasteiger partial charge on any atom is 0.264 e. The molecule has 0 heterocycles. The lowest BCUT2D eigenvalue weighted by Crippen LogP contribution is -2.53. The van der Waals surface area contributed by atoms with Crippen LogP contribution in [0.1, 0.15) is 70.1 Å². The van der Waals surface area contributed by atoms with E-state index >= 15 is 0 Å². The summed E-state index contributed by atoms with van der Waals surface area (Å²) < 4.78 is 29.2. The van der Waals surface area contributed by atoms with Crippen molar-refractivity contribution in [3.63, 3.8) is 0 Å². The summed E-state index contributed by atoms with van der Waals surface area (Å²) in [5.41, 5.74) is 3.12. The van der Waals surface area contributed by atoms with E-state index in [0.29, 0.717) is 17.1 Å². The molecule has 3 rings (SSSR count). The standard InChI is InChI=1S/C33H42ClN3O4S/c1-7-25(6)35-33(39)31(8-2)36(21-26-11-15-28(34)16-12-26)32(38)22-37(29-17-13-27(14-18-29)23(3)4)42(40,41)30-19-9-24(5)10-20-30/h9-20,23,25,31H,7-8,21-22H2,1-6H3,(H,35,39)/t25-,31+/m0/s1. The largest absolute Gasteiger partial charge is 0.352 e. The molecular formula is C33H42ClN3O4S. The van der Waals surface area contributed by atoms with Crippen molar-refractivity contribution in [2.75, 3.05) is 10.8 Å². The second-order valence-corrected chi connectivity index (χ2v) is 13.3. The molecule has 3 aromatic rings. The summed E-state index contributed by atoms with van der Waals surface area (Å²) in [6.45, 7) is 11.4. The van der Waals surface area contributed by atoms with Crippen molar-refractivity contribution in [2.45, 2.75) is 83.8 Å². The molecule has 0 aliphatic rings. The number of rotatable bonds is 13. The molecule has 9 heteroatoms. The highest BCUT2D eigenvalue weighted by Crippen LogP contribution is 2.27. The topological polar surface area (TPSA) is 86.8 Å². The number of nitrogens with one attached hydrogen (secondary N) is 1. The summed E-state index contributed by atoms with van der Waals surface area (Å²) in [5, 5.41) is 3.54. The Hall–Kier alpha value is -3.36. The molecule has 0 aromatic heterocycles. The number of sulfonamides is 1. The molecule has 226 valence electrons. The van der Waals surface area contributed by atoms with Gasteiger partial charge >= 0.3 is 0 Å². The first-order valence-corrected chi connectivity index (χ1v) is 16.2. The van der Waals surface area contributed by atoms with Crippen LogP contribution in [-0.4, -0.2) is 43.8 Å². The maximum atomic E-state index is 14.2. The zero-order valence-electron chi connectivity index (χ0n) is 25.3. The van der Waals surface area contributed by atoms with Crippen LogP contribution in [0.3, 0.4) is 0 Å². The average molecular weight is 612 g/mol. The fourth-order valence-electron chi connectivity index (χ4n) is 4.54. The Morgan fingerprint density at radius 1 is 0.857 bits per heavy atom. The number of aryl methyl sites for hydroxylation is 1. The Bertz CT molecular complexity index is 1440. The van der Waals surface area contributed by atoms with Gasteiger partial charge in [0.05, 0.1) is 10.6 Å². The lowest BCUT2D eigenvalue weighted by Gasteiger charge is -2.33. The van der Waals surface area contributed by atoms with Gasteiger partial charge in [-0.25, -0.2) is 8.42 Å². The summed E-state index contributed by atoms with van der Waals surface area (Å²) in [6.07, 6.45) is 1.09.